The summed E-state index contributed by atoms with van der Waals surface area (Å²) in [6.07, 6.45) is 0. The normalized spacial score (nSPS) is 11.2. The fourth-order valence-electron chi connectivity index (χ4n) is 1.66. The molecular weight excluding hydrogens is 290 g/mol. The first-order valence-electron chi connectivity index (χ1n) is 5.71. The van der Waals surface area contributed by atoms with Gasteiger partial charge in [-0.1, -0.05) is 0 Å². The van der Waals surface area contributed by atoms with Crippen molar-refractivity contribution in [3.63, 3.8) is 0 Å². The van der Waals surface area contributed by atoms with E-state index in [1.807, 2.05) is 6.92 Å². The maximum absolute atomic E-state index is 11.3. The number of nitrogens with one attached hydrogen (secondary N) is 1. The SMILES string of the molecule is CCNC(=O)COc1c(C)cc(S(=O)(=O)Cl)cc1C. The van der Waals surface area contributed by atoms with Gasteiger partial charge in [0.25, 0.3) is 15.0 Å². The van der Waals surface area contributed by atoms with Crippen molar-refractivity contribution in [1.82, 2.24) is 5.32 Å². The zero-order valence-corrected chi connectivity index (χ0v) is 12.6. The smallest absolute Gasteiger partial charge is 0.261 e. The van der Waals surface area contributed by atoms with Gasteiger partial charge in [-0.2, -0.15) is 0 Å². The Morgan fingerprint density at radius 2 is 1.84 bits per heavy atom. The molecule has 0 spiro atoms. The Labute approximate surface area is 117 Å². The van der Waals surface area contributed by atoms with E-state index >= 15 is 0 Å². The van der Waals surface area contributed by atoms with Gasteiger partial charge in [0.15, 0.2) is 6.61 Å². The summed E-state index contributed by atoms with van der Waals surface area (Å²) in [6, 6.07) is 2.84. The van der Waals surface area contributed by atoms with Crippen LogP contribution in [0.5, 0.6) is 5.75 Å². The summed E-state index contributed by atoms with van der Waals surface area (Å²) in [5, 5.41) is 2.61. The van der Waals surface area contributed by atoms with Crippen LogP contribution < -0.4 is 10.1 Å². The van der Waals surface area contributed by atoms with Crippen LogP contribution in [0.25, 0.3) is 0 Å². The molecule has 1 amide bonds. The average Bonchev–Trinajstić information content (AvgIpc) is 2.26. The molecule has 0 saturated carbocycles. The largest absolute Gasteiger partial charge is 0.483 e. The third-order valence-corrected chi connectivity index (χ3v) is 3.77. The third-order valence-electron chi connectivity index (χ3n) is 2.44. The highest BCUT2D eigenvalue weighted by Crippen LogP contribution is 2.28. The lowest BCUT2D eigenvalue weighted by Gasteiger charge is -2.13. The van der Waals surface area contributed by atoms with Gasteiger partial charge in [-0.05, 0) is 44.0 Å². The number of hydrogen-bond acceptors (Lipinski definition) is 4. The quantitative estimate of drug-likeness (QED) is 0.841. The van der Waals surface area contributed by atoms with Crippen LogP contribution in [0.4, 0.5) is 0 Å². The minimum absolute atomic E-state index is 0.0227. The maximum Gasteiger partial charge on any atom is 0.261 e. The third kappa shape index (κ3) is 4.40. The Morgan fingerprint density at radius 1 is 1.32 bits per heavy atom. The first-order chi connectivity index (χ1) is 8.75. The van der Waals surface area contributed by atoms with Crippen LogP contribution in [0.15, 0.2) is 17.0 Å². The Kier molecular flexibility index (Phi) is 5.20. The van der Waals surface area contributed by atoms with Crippen LogP contribution in [0.1, 0.15) is 18.1 Å². The summed E-state index contributed by atoms with van der Waals surface area (Å²) in [7, 11) is 1.52. The molecular formula is C12H16ClNO4S. The van der Waals surface area contributed by atoms with Gasteiger partial charge < -0.3 is 10.1 Å². The summed E-state index contributed by atoms with van der Waals surface area (Å²) in [5.74, 6) is 0.269. The van der Waals surface area contributed by atoms with Crippen molar-refractivity contribution < 1.29 is 17.9 Å². The lowest BCUT2D eigenvalue weighted by Crippen LogP contribution is -2.28. The van der Waals surface area contributed by atoms with Crippen molar-refractivity contribution in [3.8, 4) is 5.75 Å². The summed E-state index contributed by atoms with van der Waals surface area (Å²) in [4.78, 5) is 11.3. The van der Waals surface area contributed by atoms with E-state index in [0.29, 0.717) is 23.4 Å². The van der Waals surface area contributed by atoms with Gasteiger partial charge in [0.1, 0.15) is 5.75 Å². The van der Waals surface area contributed by atoms with Crippen LogP contribution in [-0.2, 0) is 13.8 Å². The van der Waals surface area contributed by atoms with Crippen LogP contribution >= 0.6 is 10.7 Å². The topological polar surface area (TPSA) is 72.5 Å². The molecule has 1 aromatic rings. The minimum atomic E-state index is -3.77. The highest BCUT2D eigenvalue weighted by atomic mass is 35.7. The predicted octanol–water partition coefficient (Wildman–Crippen LogP) is 1.75. The molecule has 0 saturated heterocycles. The lowest BCUT2D eigenvalue weighted by molar-refractivity contribution is -0.122. The summed E-state index contributed by atoms with van der Waals surface area (Å²) in [5.41, 5.74) is 1.23. The molecule has 1 aromatic carbocycles. The molecule has 0 aliphatic carbocycles. The van der Waals surface area contributed by atoms with Crippen molar-refractivity contribution in [2.45, 2.75) is 25.7 Å². The number of amides is 1. The number of aryl methyl sites for hydroxylation is 2. The number of likely N-dealkylation sites (N-methyl/N-ethyl adjacent to an activating group) is 1. The summed E-state index contributed by atoms with van der Waals surface area (Å²) in [6.45, 7) is 5.64. The van der Waals surface area contributed by atoms with E-state index in [9.17, 15) is 13.2 Å². The summed E-state index contributed by atoms with van der Waals surface area (Å²) >= 11 is 0. The second kappa shape index (κ2) is 6.25. The molecule has 7 heteroatoms. The van der Waals surface area contributed by atoms with Crippen LogP contribution in [0, 0.1) is 13.8 Å². The number of rotatable bonds is 5. The molecule has 0 radical (unpaired) electrons. The maximum atomic E-state index is 11.3. The summed E-state index contributed by atoms with van der Waals surface area (Å²) < 4.78 is 27.9. The molecule has 0 fully saturated rings. The first-order valence-corrected chi connectivity index (χ1v) is 8.02. The number of ether oxygens (including phenoxy) is 1. The van der Waals surface area contributed by atoms with Crippen molar-refractivity contribution in [2.24, 2.45) is 0 Å². The van der Waals surface area contributed by atoms with E-state index in [2.05, 4.69) is 5.32 Å². The van der Waals surface area contributed by atoms with E-state index in [0.717, 1.165) is 0 Å². The fraction of sp³-hybridized carbons (Fsp3) is 0.417. The molecule has 1 rings (SSSR count). The van der Waals surface area contributed by atoms with Crippen LogP contribution in [-0.4, -0.2) is 27.5 Å². The molecule has 1 N–H and O–H groups in total. The number of hydrogen-bond donors (Lipinski definition) is 1. The van der Waals surface area contributed by atoms with Crippen molar-refractivity contribution >= 4 is 25.6 Å². The molecule has 106 valence electrons. The van der Waals surface area contributed by atoms with Gasteiger partial charge in [0.05, 0.1) is 4.90 Å². The number of carbonyl (C=O) groups excluding carboxylic acids is 1. The fourth-order valence-corrected chi connectivity index (χ4v) is 2.57. The van der Waals surface area contributed by atoms with Crippen molar-refractivity contribution in [2.75, 3.05) is 13.2 Å². The van der Waals surface area contributed by atoms with E-state index in [-0.39, 0.29) is 17.4 Å². The molecule has 0 bridgehead atoms. The van der Waals surface area contributed by atoms with E-state index < -0.39 is 9.05 Å². The predicted molar refractivity (Wildman–Crippen MR) is 73.1 cm³/mol. The highest BCUT2D eigenvalue weighted by molar-refractivity contribution is 8.13. The van der Waals surface area contributed by atoms with Crippen molar-refractivity contribution in [1.29, 1.82) is 0 Å². The second-order valence-electron chi connectivity index (χ2n) is 4.07. The zero-order chi connectivity index (χ0) is 14.6. The van der Waals surface area contributed by atoms with Gasteiger partial charge in [-0.15, -0.1) is 0 Å². The molecule has 0 aliphatic rings. The molecule has 0 heterocycles. The Hall–Kier alpha value is -1.27. The average molecular weight is 306 g/mol. The monoisotopic (exact) mass is 305 g/mol. The zero-order valence-electron chi connectivity index (χ0n) is 11.0. The molecule has 0 atom stereocenters. The standard InChI is InChI=1S/C12H16ClNO4S/c1-4-14-11(15)7-18-12-8(2)5-10(6-9(12)3)19(13,16)17/h5-6H,4,7H2,1-3H3,(H,14,15). The van der Waals surface area contributed by atoms with Gasteiger partial charge in [-0.25, -0.2) is 8.42 Å². The number of halogens is 1. The number of benzene rings is 1. The van der Waals surface area contributed by atoms with E-state index in [1.165, 1.54) is 12.1 Å². The molecule has 0 aliphatic heterocycles. The highest BCUT2D eigenvalue weighted by Gasteiger charge is 2.15. The number of carbonyl (C=O) groups is 1. The molecule has 0 aromatic heterocycles. The van der Waals surface area contributed by atoms with Gasteiger partial charge in [0.2, 0.25) is 0 Å². The van der Waals surface area contributed by atoms with Crippen molar-refractivity contribution in [3.05, 3.63) is 23.3 Å². The van der Waals surface area contributed by atoms with Gasteiger partial charge >= 0.3 is 0 Å². The molecule has 0 unspecified atom stereocenters. The minimum Gasteiger partial charge on any atom is -0.483 e. The lowest BCUT2D eigenvalue weighted by atomic mass is 10.1. The Bertz CT molecular complexity index is 560. The second-order valence-corrected chi connectivity index (χ2v) is 6.63. The molecule has 19 heavy (non-hydrogen) atoms. The Morgan fingerprint density at radius 3 is 2.26 bits per heavy atom. The van der Waals surface area contributed by atoms with Gasteiger partial charge in [0, 0.05) is 17.2 Å². The van der Waals surface area contributed by atoms with E-state index in [4.69, 9.17) is 15.4 Å². The van der Waals surface area contributed by atoms with Crippen LogP contribution in [0.2, 0.25) is 0 Å². The van der Waals surface area contributed by atoms with Gasteiger partial charge in [-0.3, -0.25) is 4.79 Å². The van der Waals surface area contributed by atoms with Crippen LogP contribution in [0.3, 0.4) is 0 Å². The Balaban J connectivity index is 2.95. The first kappa shape index (κ1) is 15.8. The van der Waals surface area contributed by atoms with E-state index in [1.54, 1.807) is 13.8 Å². The molecule has 5 nitrogen and oxygen atoms in total.